The van der Waals surface area contributed by atoms with Crippen LogP contribution in [0.25, 0.3) is 0 Å². The minimum absolute atomic E-state index is 0. The molecular formula is C18H27ClIN5O. The topological polar surface area (TPSA) is 75.3 Å². The molecule has 2 rings (SSSR count). The second kappa shape index (κ2) is 12.1. The Morgan fingerprint density at radius 2 is 1.92 bits per heavy atom. The predicted octanol–water partition coefficient (Wildman–Crippen LogP) is 3.80. The molecule has 0 amide bonds. The van der Waals surface area contributed by atoms with Crippen molar-refractivity contribution in [2.75, 3.05) is 20.1 Å². The molecule has 0 saturated carbocycles. The maximum atomic E-state index is 6.16. The van der Waals surface area contributed by atoms with Gasteiger partial charge in [0, 0.05) is 37.5 Å². The summed E-state index contributed by atoms with van der Waals surface area (Å²) in [7, 11) is 1.76. The van der Waals surface area contributed by atoms with Gasteiger partial charge in [-0.1, -0.05) is 48.8 Å². The number of halogens is 2. The van der Waals surface area contributed by atoms with Crippen molar-refractivity contribution in [3.8, 4) is 0 Å². The van der Waals surface area contributed by atoms with Crippen LogP contribution in [0.2, 0.25) is 5.02 Å². The molecule has 1 heterocycles. The molecule has 2 N–H and O–H groups in total. The highest BCUT2D eigenvalue weighted by atomic mass is 127. The molecule has 0 spiro atoms. The summed E-state index contributed by atoms with van der Waals surface area (Å²) < 4.78 is 5.24. The third-order valence-corrected chi connectivity index (χ3v) is 4.10. The van der Waals surface area contributed by atoms with Gasteiger partial charge in [0.15, 0.2) is 11.8 Å². The minimum Gasteiger partial charge on any atom is -0.356 e. The number of nitrogens with zero attached hydrogens (tertiary/aromatic N) is 3. The van der Waals surface area contributed by atoms with Crippen LogP contribution in [-0.2, 0) is 12.8 Å². The van der Waals surface area contributed by atoms with E-state index in [4.69, 9.17) is 16.1 Å². The van der Waals surface area contributed by atoms with Crippen LogP contribution in [0.15, 0.2) is 33.8 Å². The van der Waals surface area contributed by atoms with E-state index in [-0.39, 0.29) is 29.9 Å². The lowest BCUT2D eigenvalue weighted by atomic mass is 10.1. The number of aryl methyl sites for hydroxylation is 1. The van der Waals surface area contributed by atoms with Gasteiger partial charge in [-0.15, -0.1) is 24.0 Å². The van der Waals surface area contributed by atoms with Crippen LogP contribution in [0.1, 0.15) is 43.5 Å². The van der Waals surface area contributed by atoms with E-state index in [2.05, 4.69) is 39.6 Å². The summed E-state index contributed by atoms with van der Waals surface area (Å²) in [6.45, 7) is 5.65. The average molecular weight is 492 g/mol. The number of hydrogen-bond acceptors (Lipinski definition) is 4. The number of nitrogens with one attached hydrogen (secondary N) is 2. The largest absolute Gasteiger partial charge is 0.356 e. The van der Waals surface area contributed by atoms with Gasteiger partial charge in [-0.2, -0.15) is 4.98 Å². The molecule has 0 radical (unpaired) electrons. The number of rotatable bonds is 8. The zero-order valence-corrected chi connectivity index (χ0v) is 18.5. The third kappa shape index (κ3) is 7.49. The molecule has 0 aliphatic heterocycles. The van der Waals surface area contributed by atoms with Gasteiger partial charge in [-0.05, 0) is 24.5 Å². The van der Waals surface area contributed by atoms with E-state index in [0.717, 1.165) is 54.7 Å². The lowest BCUT2D eigenvalue weighted by molar-refractivity contribution is 0.368. The molecule has 0 atom stereocenters. The Morgan fingerprint density at radius 1 is 1.19 bits per heavy atom. The molecule has 0 saturated heterocycles. The molecule has 0 aliphatic carbocycles. The van der Waals surface area contributed by atoms with Crippen LogP contribution in [0.3, 0.4) is 0 Å². The second-order valence-electron chi connectivity index (χ2n) is 6.07. The Labute approximate surface area is 177 Å². The number of hydrogen-bond donors (Lipinski definition) is 2. The van der Waals surface area contributed by atoms with Crippen molar-refractivity contribution in [1.29, 1.82) is 0 Å². The van der Waals surface area contributed by atoms with Gasteiger partial charge >= 0.3 is 0 Å². The molecule has 0 unspecified atom stereocenters. The highest BCUT2D eigenvalue weighted by molar-refractivity contribution is 14.0. The predicted molar refractivity (Wildman–Crippen MR) is 117 cm³/mol. The van der Waals surface area contributed by atoms with E-state index in [1.807, 2.05) is 24.3 Å². The summed E-state index contributed by atoms with van der Waals surface area (Å²) in [5.41, 5.74) is 1.13. The summed E-state index contributed by atoms with van der Waals surface area (Å²) in [6, 6.07) is 7.88. The fraction of sp³-hybridized carbons (Fsp3) is 0.500. The number of aliphatic imine (C=N–C) groups is 1. The second-order valence-corrected chi connectivity index (χ2v) is 6.48. The van der Waals surface area contributed by atoms with Gasteiger partial charge in [0.25, 0.3) is 0 Å². The Morgan fingerprint density at radius 3 is 2.58 bits per heavy atom. The van der Waals surface area contributed by atoms with Gasteiger partial charge in [0.2, 0.25) is 5.89 Å². The summed E-state index contributed by atoms with van der Waals surface area (Å²) in [6.07, 6.45) is 2.49. The van der Waals surface area contributed by atoms with Gasteiger partial charge in [0.05, 0.1) is 0 Å². The summed E-state index contributed by atoms with van der Waals surface area (Å²) >= 11 is 6.16. The van der Waals surface area contributed by atoms with Crippen molar-refractivity contribution in [2.24, 2.45) is 4.99 Å². The van der Waals surface area contributed by atoms with E-state index < -0.39 is 0 Å². The molecule has 6 nitrogen and oxygen atoms in total. The van der Waals surface area contributed by atoms with E-state index in [1.54, 1.807) is 7.05 Å². The maximum absolute atomic E-state index is 6.16. The van der Waals surface area contributed by atoms with Crippen molar-refractivity contribution in [2.45, 2.75) is 39.0 Å². The van der Waals surface area contributed by atoms with Crippen molar-refractivity contribution >= 4 is 41.5 Å². The standard InChI is InChI=1S/C18H26ClN5O.HI/c1-13(2)17-23-16(25-24-17)9-6-11-21-18(20-3)22-12-10-14-7-4-5-8-15(14)19;/h4-5,7-8,13H,6,9-12H2,1-3H3,(H2,20,21,22);1H. The number of aromatic nitrogens is 2. The lowest BCUT2D eigenvalue weighted by Crippen LogP contribution is -2.38. The van der Waals surface area contributed by atoms with Gasteiger partial charge in [-0.3, -0.25) is 4.99 Å². The van der Waals surface area contributed by atoms with E-state index in [1.165, 1.54) is 0 Å². The molecule has 1 aromatic carbocycles. The highest BCUT2D eigenvalue weighted by Gasteiger charge is 2.09. The minimum atomic E-state index is 0. The van der Waals surface area contributed by atoms with Crippen LogP contribution in [0, 0.1) is 0 Å². The normalized spacial score (nSPS) is 11.3. The molecule has 144 valence electrons. The van der Waals surface area contributed by atoms with Gasteiger partial charge in [0.1, 0.15) is 0 Å². The first-order chi connectivity index (χ1) is 12.1. The fourth-order valence-corrected chi connectivity index (χ4v) is 2.52. The van der Waals surface area contributed by atoms with Crippen LogP contribution < -0.4 is 10.6 Å². The molecule has 0 bridgehead atoms. The highest BCUT2D eigenvalue weighted by Crippen LogP contribution is 2.14. The fourth-order valence-electron chi connectivity index (χ4n) is 2.29. The SMILES string of the molecule is CN=C(NCCCc1nc(C(C)C)no1)NCCc1ccccc1Cl.I. The Balaban J connectivity index is 0.00000338. The monoisotopic (exact) mass is 491 g/mol. The average Bonchev–Trinajstić information content (AvgIpc) is 3.08. The molecule has 26 heavy (non-hydrogen) atoms. The summed E-state index contributed by atoms with van der Waals surface area (Å²) in [4.78, 5) is 8.60. The first-order valence-electron chi connectivity index (χ1n) is 8.60. The molecule has 8 heteroatoms. The molecule has 0 fully saturated rings. The van der Waals surface area contributed by atoms with Crippen molar-refractivity contribution in [3.63, 3.8) is 0 Å². The van der Waals surface area contributed by atoms with Crippen molar-refractivity contribution in [3.05, 3.63) is 46.6 Å². The summed E-state index contributed by atoms with van der Waals surface area (Å²) in [5.74, 6) is 2.52. The maximum Gasteiger partial charge on any atom is 0.226 e. The first kappa shape index (κ1) is 22.7. The Kier molecular flexibility index (Phi) is 10.6. The van der Waals surface area contributed by atoms with Crippen molar-refractivity contribution < 1.29 is 4.52 Å². The summed E-state index contributed by atoms with van der Waals surface area (Å²) in [5, 5.41) is 11.3. The quantitative estimate of drug-likeness (QED) is 0.254. The van der Waals surface area contributed by atoms with E-state index >= 15 is 0 Å². The Hall–Kier alpha value is -1.35. The zero-order chi connectivity index (χ0) is 18.1. The number of guanidine groups is 1. The van der Waals surface area contributed by atoms with E-state index in [9.17, 15) is 0 Å². The number of benzene rings is 1. The molecule has 1 aromatic heterocycles. The van der Waals surface area contributed by atoms with Crippen LogP contribution in [-0.4, -0.2) is 36.2 Å². The van der Waals surface area contributed by atoms with Gasteiger partial charge in [-0.25, -0.2) is 0 Å². The van der Waals surface area contributed by atoms with Crippen LogP contribution in [0.5, 0.6) is 0 Å². The van der Waals surface area contributed by atoms with Crippen molar-refractivity contribution in [1.82, 2.24) is 20.8 Å². The molecule has 0 aliphatic rings. The first-order valence-corrected chi connectivity index (χ1v) is 8.98. The van der Waals surface area contributed by atoms with Crippen LogP contribution in [0.4, 0.5) is 0 Å². The molecular weight excluding hydrogens is 465 g/mol. The van der Waals surface area contributed by atoms with Gasteiger partial charge < -0.3 is 15.2 Å². The lowest BCUT2D eigenvalue weighted by Gasteiger charge is -2.11. The van der Waals surface area contributed by atoms with Crippen LogP contribution >= 0.6 is 35.6 Å². The van der Waals surface area contributed by atoms with E-state index in [0.29, 0.717) is 5.89 Å². The third-order valence-electron chi connectivity index (χ3n) is 3.73. The molecule has 2 aromatic rings. The zero-order valence-electron chi connectivity index (χ0n) is 15.5. The smallest absolute Gasteiger partial charge is 0.226 e. The Bertz CT molecular complexity index is 690.